The highest BCUT2D eigenvalue weighted by Gasteiger charge is 2.06. The molecule has 6 heteroatoms. The van der Waals surface area contributed by atoms with Gasteiger partial charge in [-0.2, -0.15) is 4.98 Å². The number of aromatic nitrogens is 4. The maximum atomic E-state index is 5.55. The lowest BCUT2D eigenvalue weighted by molar-refractivity contribution is 0.420. The van der Waals surface area contributed by atoms with Gasteiger partial charge in [0, 0.05) is 25.4 Å². The summed E-state index contributed by atoms with van der Waals surface area (Å²) >= 11 is 0. The van der Waals surface area contributed by atoms with E-state index in [4.69, 9.17) is 4.74 Å². The minimum absolute atomic E-state index is 0.314. The molecule has 0 unspecified atom stereocenters. The van der Waals surface area contributed by atoms with E-state index in [1.807, 2.05) is 13.1 Å². The largest absolute Gasteiger partial charge is 0.404 e. The maximum absolute atomic E-state index is 5.55. The Kier molecular flexibility index (Phi) is 3.88. The Morgan fingerprint density at radius 1 is 1.39 bits per heavy atom. The van der Waals surface area contributed by atoms with E-state index in [1.54, 1.807) is 18.1 Å². The Morgan fingerprint density at radius 3 is 2.83 bits per heavy atom. The second-order valence-corrected chi connectivity index (χ2v) is 3.99. The first-order chi connectivity index (χ1) is 8.71. The van der Waals surface area contributed by atoms with Gasteiger partial charge in [0.25, 0.3) is 0 Å². The van der Waals surface area contributed by atoms with Crippen LogP contribution in [0.2, 0.25) is 0 Å². The first-order valence-electron chi connectivity index (χ1n) is 5.89. The first kappa shape index (κ1) is 12.5. The fourth-order valence-corrected chi connectivity index (χ4v) is 1.62. The molecule has 0 bridgehead atoms. The summed E-state index contributed by atoms with van der Waals surface area (Å²) in [5.41, 5.74) is 2.13. The highest BCUT2D eigenvalue weighted by molar-refractivity contribution is 5.26. The zero-order chi connectivity index (χ0) is 13.0. The molecule has 0 aromatic carbocycles. The van der Waals surface area contributed by atoms with Crippen LogP contribution in [0.5, 0.6) is 11.9 Å². The summed E-state index contributed by atoms with van der Waals surface area (Å²) < 4.78 is 7.14. The molecule has 0 saturated heterocycles. The van der Waals surface area contributed by atoms with Crippen molar-refractivity contribution < 1.29 is 4.74 Å². The molecule has 0 fully saturated rings. The number of pyridine rings is 1. The molecule has 2 aromatic heterocycles. The fraction of sp³-hybridized carbons (Fsp3) is 0.417. The van der Waals surface area contributed by atoms with Crippen molar-refractivity contribution in [2.75, 3.05) is 7.05 Å². The molecular formula is C12H17N5O. The van der Waals surface area contributed by atoms with E-state index in [-0.39, 0.29) is 0 Å². The minimum Gasteiger partial charge on any atom is -0.404 e. The molecule has 2 rings (SSSR count). The number of hydrogen-bond acceptors (Lipinski definition) is 5. The third-order valence-corrected chi connectivity index (χ3v) is 2.43. The zero-order valence-corrected chi connectivity index (χ0v) is 10.8. The lowest BCUT2D eigenvalue weighted by atomic mass is 10.2. The summed E-state index contributed by atoms with van der Waals surface area (Å²) in [5.74, 6) is 0.533. The summed E-state index contributed by atoms with van der Waals surface area (Å²) in [4.78, 5) is 8.42. The monoisotopic (exact) mass is 247 g/mol. The van der Waals surface area contributed by atoms with E-state index in [0.29, 0.717) is 11.9 Å². The third-order valence-electron chi connectivity index (χ3n) is 2.43. The number of ether oxygens (including phenoxy) is 1. The molecule has 0 spiro atoms. The standard InChI is InChI=1S/C12H17N5O/c1-4-10-5-9(7-13-2)6-11(15-10)18-12-14-8-17(3)16-12/h5-6,8,13H,4,7H2,1-3H3. The second-order valence-electron chi connectivity index (χ2n) is 3.99. The molecule has 2 aromatic rings. The SMILES string of the molecule is CCc1cc(CNC)cc(Oc2ncn(C)n2)n1. The van der Waals surface area contributed by atoms with Gasteiger partial charge < -0.3 is 10.1 Å². The number of hydrogen-bond donors (Lipinski definition) is 1. The van der Waals surface area contributed by atoms with Crippen molar-refractivity contribution in [3.63, 3.8) is 0 Å². The van der Waals surface area contributed by atoms with Crippen molar-refractivity contribution in [2.45, 2.75) is 19.9 Å². The molecule has 0 aliphatic carbocycles. The van der Waals surface area contributed by atoms with Crippen molar-refractivity contribution in [2.24, 2.45) is 7.05 Å². The van der Waals surface area contributed by atoms with E-state index in [9.17, 15) is 0 Å². The Morgan fingerprint density at radius 2 is 2.22 bits per heavy atom. The summed E-state index contributed by atoms with van der Waals surface area (Å²) in [6.07, 6.45) is 2.46. The normalized spacial score (nSPS) is 10.6. The number of aryl methyl sites for hydroxylation is 2. The molecule has 0 aliphatic heterocycles. The summed E-state index contributed by atoms with van der Waals surface area (Å²) in [6, 6.07) is 4.27. The van der Waals surface area contributed by atoms with Crippen molar-refractivity contribution >= 4 is 0 Å². The zero-order valence-electron chi connectivity index (χ0n) is 10.8. The molecule has 2 heterocycles. The number of nitrogens with zero attached hydrogens (tertiary/aromatic N) is 4. The smallest absolute Gasteiger partial charge is 0.342 e. The summed E-state index contributed by atoms with van der Waals surface area (Å²) in [7, 11) is 3.70. The molecule has 0 atom stereocenters. The molecule has 1 N–H and O–H groups in total. The second kappa shape index (κ2) is 5.59. The quantitative estimate of drug-likeness (QED) is 0.862. The topological polar surface area (TPSA) is 64.9 Å². The van der Waals surface area contributed by atoms with E-state index in [2.05, 4.69) is 33.4 Å². The molecule has 96 valence electrons. The Bertz CT molecular complexity index is 523. The summed E-state index contributed by atoms with van der Waals surface area (Å²) in [6.45, 7) is 2.84. The van der Waals surface area contributed by atoms with Gasteiger partial charge in [0.1, 0.15) is 6.33 Å². The van der Waals surface area contributed by atoms with E-state index >= 15 is 0 Å². The third kappa shape index (κ3) is 3.04. The van der Waals surface area contributed by atoms with Gasteiger partial charge >= 0.3 is 6.01 Å². The fourth-order valence-electron chi connectivity index (χ4n) is 1.62. The van der Waals surface area contributed by atoms with Crippen molar-refractivity contribution in [3.8, 4) is 11.9 Å². The van der Waals surface area contributed by atoms with Gasteiger partial charge in [-0.1, -0.05) is 6.92 Å². The van der Waals surface area contributed by atoms with Gasteiger partial charge in [0.05, 0.1) is 0 Å². The number of nitrogens with one attached hydrogen (secondary N) is 1. The van der Waals surface area contributed by atoms with E-state index in [1.165, 1.54) is 0 Å². The van der Waals surface area contributed by atoms with E-state index < -0.39 is 0 Å². The van der Waals surface area contributed by atoms with Crippen molar-refractivity contribution in [3.05, 3.63) is 29.7 Å². The lowest BCUT2D eigenvalue weighted by Crippen LogP contribution is -2.06. The van der Waals surface area contributed by atoms with Crippen molar-refractivity contribution in [1.29, 1.82) is 0 Å². The van der Waals surface area contributed by atoms with Crippen LogP contribution in [0, 0.1) is 0 Å². The molecule has 0 aliphatic rings. The maximum Gasteiger partial charge on any atom is 0.342 e. The molecule has 18 heavy (non-hydrogen) atoms. The molecule has 0 amide bonds. The lowest BCUT2D eigenvalue weighted by Gasteiger charge is -2.06. The van der Waals surface area contributed by atoms with Gasteiger partial charge in [0.15, 0.2) is 0 Å². The predicted octanol–water partition coefficient (Wildman–Crippen LogP) is 1.28. The highest BCUT2D eigenvalue weighted by atomic mass is 16.5. The van der Waals surface area contributed by atoms with Gasteiger partial charge in [-0.05, 0) is 25.1 Å². The van der Waals surface area contributed by atoms with Gasteiger partial charge in [-0.25, -0.2) is 4.98 Å². The van der Waals surface area contributed by atoms with Gasteiger partial charge in [-0.15, -0.1) is 5.10 Å². The van der Waals surface area contributed by atoms with Crippen LogP contribution >= 0.6 is 0 Å². The number of rotatable bonds is 5. The van der Waals surface area contributed by atoms with Gasteiger partial charge in [0.2, 0.25) is 5.88 Å². The van der Waals surface area contributed by atoms with Crippen LogP contribution in [0.25, 0.3) is 0 Å². The van der Waals surface area contributed by atoms with Gasteiger partial charge in [-0.3, -0.25) is 4.68 Å². The Hall–Kier alpha value is -1.95. The van der Waals surface area contributed by atoms with Crippen LogP contribution in [0.15, 0.2) is 18.5 Å². The molecule has 6 nitrogen and oxygen atoms in total. The Balaban J connectivity index is 2.23. The molecular weight excluding hydrogens is 230 g/mol. The van der Waals surface area contributed by atoms with Crippen LogP contribution in [0.3, 0.4) is 0 Å². The van der Waals surface area contributed by atoms with E-state index in [0.717, 1.165) is 24.2 Å². The van der Waals surface area contributed by atoms with Crippen LogP contribution in [0.1, 0.15) is 18.2 Å². The van der Waals surface area contributed by atoms with Crippen molar-refractivity contribution in [1.82, 2.24) is 25.1 Å². The van der Waals surface area contributed by atoms with Crippen LogP contribution in [0.4, 0.5) is 0 Å². The Labute approximate surface area is 106 Å². The molecule has 0 saturated carbocycles. The minimum atomic E-state index is 0.314. The van der Waals surface area contributed by atoms with Crippen LogP contribution < -0.4 is 10.1 Å². The molecule has 0 radical (unpaired) electrons. The summed E-state index contributed by atoms with van der Waals surface area (Å²) in [5, 5.41) is 7.18. The predicted molar refractivity (Wildman–Crippen MR) is 67.5 cm³/mol. The average Bonchev–Trinajstić information content (AvgIpc) is 2.75. The van der Waals surface area contributed by atoms with Crippen LogP contribution in [-0.4, -0.2) is 26.8 Å². The first-order valence-corrected chi connectivity index (χ1v) is 5.89. The highest BCUT2D eigenvalue weighted by Crippen LogP contribution is 2.18. The average molecular weight is 247 g/mol. The van der Waals surface area contributed by atoms with Crippen LogP contribution in [-0.2, 0) is 20.0 Å².